The van der Waals surface area contributed by atoms with E-state index in [-0.39, 0.29) is 11.9 Å². The summed E-state index contributed by atoms with van der Waals surface area (Å²) in [5.41, 5.74) is 3.98. The number of hydrogen-bond donors (Lipinski definition) is 0. The van der Waals surface area contributed by atoms with E-state index in [1.807, 2.05) is 53.5 Å². The standard InChI is InChI=1S/C21H15BrClFN2/c22-18-3-1-2-4-20(18)26-21(15-5-9-16(23)10-6-15)13-19(25-26)14-7-11-17(24)12-8-14/h1-12,21H,13H2. The van der Waals surface area contributed by atoms with E-state index in [0.29, 0.717) is 5.02 Å². The lowest BCUT2D eigenvalue weighted by Crippen LogP contribution is -2.18. The van der Waals surface area contributed by atoms with Crippen molar-refractivity contribution in [3.8, 4) is 0 Å². The zero-order valence-electron chi connectivity index (χ0n) is 13.7. The smallest absolute Gasteiger partial charge is 0.123 e. The van der Waals surface area contributed by atoms with Crippen molar-refractivity contribution in [2.24, 2.45) is 5.10 Å². The molecule has 26 heavy (non-hydrogen) atoms. The molecule has 0 aromatic heterocycles. The van der Waals surface area contributed by atoms with Gasteiger partial charge in [0.15, 0.2) is 0 Å². The third kappa shape index (κ3) is 3.39. The number of hydrogen-bond acceptors (Lipinski definition) is 2. The zero-order valence-corrected chi connectivity index (χ0v) is 16.1. The first kappa shape index (κ1) is 17.3. The van der Waals surface area contributed by atoms with Crippen molar-refractivity contribution in [2.75, 3.05) is 5.01 Å². The second-order valence-electron chi connectivity index (χ2n) is 6.12. The molecule has 0 aliphatic carbocycles. The molecule has 130 valence electrons. The van der Waals surface area contributed by atoms with Gasteiger partial charge in [-0.25, -0.2) is 4.39 Å². The first-order valence-corrected chi connectivity index (χ1v) is 9.41. The summed E-state index contributed by atoms with van der Waals surface area (Å²) in [4.78, 5) is 0. The molecule has 5 heteroatoms. The van der Waals surface area contributed by atoms with Crippen molar-refractivity contribution in [2.45, 2.75) is 12.5 Å². The van der Waals surface area contributed by atoms with Crippen molar-refractivity contribution in [3.63, 3.8) is 0 Å². The Kier molecular flexibility index (Phi) is 4.79. The first-order valence-electron chi connectivity index (χ1n) is 8.24. The lowest BCUT2D eigenvalue weighted by atomic mass is 9.98. The minimum Gasteiger partial charge on any atom is -0.256 e. The van der Waals surface area contributed by atoms with E-state index < -0.39 is 0 Å². The van der Waals surface area contributed by atoms with E-state index in [4.69, 9.17) is 16.7 Å². The van der Waals surface area contributed by atoms with Gasteiger partial charge in [-0.05, 0) is 63.5 Å². The molecule has 1 unspecified atom stereocenters. The molecule has 0 spiro atoms. The van der Waals surface area contributed by atoms with Gasteiger partial charge in [0.2, 0.25) is 0 Å². The topological polar surface area (TPSA) is 15.6 Å². The van der Waals surface area contributed by atoms with Crippen LogP contribution in [-0.2, 0) is 0 Å². The second-order valence-corrected chi connectivity index (χ2v) is 7.41. The van der Waals surface area contributed by atoms with E-state index in [2.05, 4.69) is 15.9 Å². The Balaban J connectivity index is 1.77. The predicted octanol–water partition coefficient (Wildman–Crippen LogP) is 6.60. The van der Waals surface area contributed by atoms with Crippen molar-refractivity contribution < 1.29 is 4.39 Å². The molecule has 0 N–H and O–H groups in total. The van der Waals surface area contributed by atoms with E-state index >= 15 is 0 Å². The summed E-state index contributed by atoms with van der Waals surface area (Å²) in [6.07, 6.45) is 0.731. The van der Waals surface area contributed by atoms with Crippen LogP contribution in [0.25, 0.3) is 0 Å². The number of anilines is 1. The van der Waals surface area contributed by atoms with E-state index in [0.717, 1.165) is 33.4 Å². The Labute approximate surface area is 165 Å². The van der Waals surface area contributed by atoms with Gasteiger partial charge in [-0.1, -0.05) is 48.0 Å². The minimum absolute atomic E-state index is 0.0472. The van der Waals surface area contributed by atoms with Crippen LogP contribution in [0.15, 0.2) is 82.4 Å². The number of nitrogens with zero attached hydrogens (tertiary/aromatic N) is 2. The van der Waals surface area contributed by atoms with Gasteiger partial charge in [-0.3, -0.25) is 5.01 Å². The lowest BCUT2D eigenvalue weighted by Gasteiger charge is -2.25. The molecule has 3 aromatic rings. The Morgan fingerprint density at radius 2 is 1.65 bits per heavy atom. The van der Waals surface area contributed by atoms with Crippen LogP contribution < -0.4 is 5.01 Å². The van der Waals surface area contributed by atoms with Gasteiger partial charge in [0, 0.05) is 15.9 Å². The maximum Gasteiger partial charge on any atom is 0.123 e. The van der Waals surface area contributed by atoms with Crippen LogP contribution in [0, 0.1) is 5.82 Å². The van der Waals surface area contributed by atoms with Crippen LogP contribution in [0.1, 0.15) is 23.6 Å². The highest BCUT2D eigenvalue weighted by molar-refractivity contribution is 9.10. The fraction of sp³-hybridized carbons (Fsp3) is 0.0952. The van der Waals surface area contributed by atoms with Gasteiger partial charge >= 0.3 is 0 Å². The Morgan fingerprint density at radius 3 is 2.35 bits per heavy atom. The molecule has 1 heterocycles. The van der Waals surface area contributed by atoms with E-state index in [9.17, 15) is 4.39 Å². The number of rotatable bonds is 3. The van der Waals surface area contributed by atoms with Gasteiger partial charge in [0.05, 0.1) is 17.4 Å². The van der Waals surface area contributed by atoms with E-state index in [1.165, 1.54) is 12.1 Å². The summed E-state index contributed by atoms with van der Waals surface area (Å²) in [7, 11) is 0. The minimum atomic E-state index is -0.246. The molecule has 0 saturated heterocycles. The molecule has 2 nitrogen and oxygen atoms in total. The summed E-state index contributed by atoms with van der Waals surface area (Å²) in [6, 6.07) is 22.4. The summed E-state index contributed by atoms with van der Waals surface area (Å²) in [5.74, 6) is -0.246. The predicted molar refractivity (Wildman–Crippen MR) is 108 cm³/mol. The van der Waals surface area contributed by atoms with Gasteiger partial charge in [-0.2, -0.15) is 5.10 Å². The average Bonchev–Trinajstić information content (AvgIpc) is 3.08. The fourth-order valence-electron chi connectivity index (χ4n) is 3.13. The normalized spacial score (nSPS) is 16.7. The zero-order chi connectivity index (χ0) is 18.1. The number of halogens is 3. The third-order valence-electron chi connectivity index (χ3n) is 4.44. The molecule has 0 saturated carbocycles. The maximum atomic E-state index is 13.3. The summed E-state index contributed by atoms with van der Waals surface area (Å²) in [6.45, 7) is 0. The highest BCUT2D eigenvalue weighted by Crippen LogP contribution is 2.39. The van der Waals surface area contributed by atoms with Crippen LogP contribution in [0.3, 0.4) is 0 Å². The summed E-state index contributed by atoms with van der Waals surface area (Å²) < 4.78 is 14.3. The van der Waals surface area contributed by atoms with Crippen LogP contribution in [0.2, 0.25) is 5.02 Å². The molecule has 0 amide bonds. The van der Waals surface area contributed by atoms with Crippen LogP contribution in [0.5, 0.6) is 0 Å². The van der Waals surface area contributed by atoms with Gasteiger partial charge in [-0.15, -0.1) is 0 Å². The summed E-state index contributed by atoms with van der Waals surface area (Å²) >= 11 is 9.67. The first-order chi connectivity index (χ1) is 12.6. The Morgan fingerprint density at radius 1 is 0.962 bits per heavy atom. The highest BCUT2D eigenvalue weighted by Gasteiger charge is 2.30. The maximum absolute atomic E-state index is 13.3. The van der Waals surface area contributed by atoms with Crippen LogP contribution in [-0.4, -0.2) is 5.71 Å². The molecule has 0 radical (unpaired) electrons. The monoisotopic (exact) mass is 428 g/mol. The van der Waals surface area contributed by atoms with Gasteiger partial charge < -0.3 is 0 Å². The molecular formula is C21H15BrClFN2. The lowest BCUT2D eigenvalue weighted by molar-refractivity contribution is 0.627. The van der Waals surface area contributed by atoms with Crippen LogP contribution in [0.4, 0.5) is 10.1 Å². The average molecular weight is 430 g/mol. The van der Waals surface area contributed by atoms with E-state index in [1.54, 1.807) is 12.1 Å². The van der Waals surface area contributed by atoms with Crippen molar-refractivity contribution in [3.05, 3.63) is 99.2 Å². The molecule has 1 aliphatic heterocycles. The molecule has 4 rings (SSSR count). The van der Waals surface area contributed by atoms with Gasteiger partial charge in [0.25, 0.3) is 0 Å². The molecule has 0 fully saturated rings. The number of benzene rings is 3. The number of hydrazone groups is 1. The van der Waals surface area contributed by atoms with Crippen molar-refractivity contribution >= 4 is 38.9 Å². The Bertz CT molecular complexity index is 955. The Hall–Kier alpha value is -2.17. The third-order valence-corrected chi connectivity index (χ3v) is 5.36. The molecule has 3 aromatic carbocycles. The molecule has 0 bridgehead atoms. The molecular weight excluding hydrogens is 415 g/mol. The molecule has 1 aliphatic rings. The molecule has 1 atom stereocenters. The fourth-order valence-corrected chi connectivity index (χ4v) is 3.72. The highest BCUT2D eigenvalue weighted by atomic mass is 79.9. The number of para-hydroxylation sites is 1. The summed E-state index contributed by atoms with van der Waals surface area (Å²) in [5, 5.41) is 7.59. The van der Waals surface area contributed by atoms with Gasteiger partial charge in [0.1, 0.15) is 5.82 Å². The SMILES string of the molecule is Fc1ccc(C2=NN(c3ccccc3Br)C(c3ccc(Cl)cc3)C2)cc1. The second kappa shape index (κ2) is 7.22. The quantitative estimate of drug-likeness (QED) is 0.458. The van der Waals surface area contributed by atoms with Crippen molar-refractivity contribution in [1.82, 2.24) is 0 Å². The van der Waals surface area contributed by atoms with Crippen LogP contribution >= 0.6 is 27.5 Å². The largest absolute Gasteiger partial charge is 0.256 e. The van der Waals surface area contributed by atoms with Crippen molar-refractivity contribution in [1.29, 1.82) is 0 Å².